The Morgan fingerprint density at radius 2 is 1.89 bits per heavy atom. The van der Waals surface area contributed by atoms with Crippen molar-refractivity contribution < 1.29 is 43.3 Å². The van der Waals surface area contributed by atoms with Crippen molar-refractivity contribution in [2.45, 2.75) is 39.4 Å². The number of nitro groups is 1. The normalized spacial score (nSPS) is 11.4. The molecule has 0 aliphatic heterocycles. The van der Waals surface area contributed by atoms with Crippen molar-refractivity contribution >= 4 is 17.7 Å². The average Bonchev–Trinajstić information content (AvgIpc) is 2.85. The third-order valence-corrected chi connectivity index (χ3v) is 4.53. The van der Waals surface area contributed by atoms with Gasteiger partial charge in [-0.05, 0) is 26.3 Å². The Labute approximate surface area is 204 Å². The van der Waals surface area contributed by atoms with Gasteiger partial charge in [0.15, 0.2) is 11.5 Å². The number of benzene rings is 1. The fourth-order valence-corrected chi connectivity index (χ4v) is 2.80. The molecule has 1 aromatic carbocycles. The third kappa shape index (κ3) is 12.2. The lowest BCUT2D eigenvalue weighted by atomic mass is 10.1. The average molecular weight is 502 g/mol. The first-order valence-corrected chi connectivity index (χ1v) is 11.3. The number of ether oxygens (including phenoxy) is 5. The summed E-state index contributed by atoms with van der Waals surface area (Å²) in [6, 6.07) is 2.52. The molecule has 13 nitrogen and oxygen atoms in total. The number of hydrogen-bond acceptors (Lipinski definition) is 10. The second-order valence-electron chi connectivity index (χ2n) is 7.25. The van der Waals surface area contributed by atoms with Crippen molar-refractivity contribution in [2.75, 3.05) is 53.2 Å². The first-order valence-electron chi connectivity index (χ1n) is 11.3. The zero-order valence-electron chi connectivity index (χ0n) is 20.4. The van der Waals surface area contributed by atoms with Crippen molar-refractivity contribution in [1.82, 2.24) is 10.6 Å². The lowest BCUT2D eigenvalue weighted by Crippen LogP contribution is -2.35. The standard InChI is InChI=1S/C22H35N3O10/c1-4-32-15-16(2)33-10-11-35-22(28)24-8-7-23-21(27)6-5-9-34-20-13-18(25(29)30)17(14-26)12-19(20)31-3/h12-13,16,26H,4-11,14-15H2,1-3H3,(H,23,27)(H,24,28). The molecular weight excluding hydrogens is 466 g/mol. The van der Waals surface area contributed by atoms with E-state index in [1.165, 1.54) is 19.2 Å². The van der Waals surface area contributed by atoms with Gasteiger partial charge in [-0.3, -0.25) is 14.9 Å². The maximum absolute atomic E-state index is 11.9. The molecule has 0 spiro atoms. The van der Waals surface area contributed by atoms with E-state index in [9.17, 15) is 24.8 Å². The number of carbonyl (C=O) groups is 2. The maximum Gasteiger partial charge on any atom is 0.407 e. The summed E-state index contributed by atoms with van der Waals surface area (Å²) in [5.74, 6) is 0.149. The maximum atomic E-state index is 11.9. The monoisotopic (exact) mass is 501 g/mol. The van der Waals surface area contributed by atoms with Crippen molar-refractivity contribution in [1.29, 1.82) is 0 Å². The highest BCUT2D eigenvalue weighted by molar-refractivity contribution is 5.75. The van der Waals surface area contributed by atoms with Crippen LogP contribution in [0, 0.1) is 10.1 Å². The van der Waals surface area contributed by atoms with Crippen LogP contribution in [0.3, 0.4) is 0 Å². The zero-order valence-corrected chi connectivity index (χ0v) is 20.4. The Kier molecular flexibility index (Phi) is 14.8. The van der Waals surface area contributed by atoms with Crippen LogP contribution in [0.15, 0.2) is 12.1 Å². The van der Waals surface area contributed by atoms with Crippen molar-refractivity contribution in [3.05, 3.63) is 27.8 Å². The quantitative estimate of drug-likeness (QED) is 0.152. The van der Waals surface area contributed by atoms with E-state index >= 15 is 0 Å². The fourth-order valence-electron chi connectivity index (χ4n) is 2.80. The number of carbonyl (C=O) groups excluding carboxylic acids is 2. The molecule has 1 unspecified atom stereocenters. The number of aliphatic hydroxyl groups is 1. The molecule has 0 aromatic heterocycles. The fraction of sp³-hybridized carbons (Fsp3) is 0.636. The van der Waals surface area contributed by atoms with Gasteiger partial charge in [-0.1, -0.05) is 0 Å². The minimum atomic E-state index is -0.618. The Balaban J connectivity index is 2.20. The van der Waals surface area contributed by atoms with E-state index in [1.54, 1.807) is 0 Å². The number of amides is 2. The molecule has 0 heterocycles. The van der Waals surface area contributed by atoms with Crippen LogP contribution in [0.2, 0.25) is 0 Å². The summed E-state index contributed by atoms with van der Waals surface area (Å²) in [5, 5.41) is 25.6. The van der Waals surface area contributed by atoms with Gasteiger partial charge >= 0.3 is 6.09 Å². The van der Waals surface area contributed by atoms with Gasteiger partial charge in [0.25, 0.3) is 5.69 Å². The van der Waals surface area contributed by atoms with E-state index in [2.05, 4.69) is 10.6 Å². The van der Waals surface area contributed by atoms with E-state index in [0.29, 0.717) is 19.6 Å². The highest BCUT2D eigenvalue weighted by Gasteiger charge is 2.19. The summed E-state index contributed by atoms with van der Waals surface area (Å²) in [6.45, 7) is 5.23. The molecule has 1 aromatic rings. The largest absolute Gasteiger partial charge is 0.493 e. The van der Waals surface area contributed by atoms with E-state index < -0.39 is 17.6 Å². The Morgan fingerprint density at radius 1 is 1.14 bits per heavy atom. The van der Waals surface area contributed by atoms with E-state index in [-0.39, 0.29) is 74.1 Å². The molecular formula is C22H35N3O10. The number of nitro benzene ring substituents is 1. The number of hydrogen-bond donors (Lipinski definition) is 3. The van der Waals surface area contributed by atoms with Gasteiger partial charge in [-0.2, -0.15) is 0 Å². The molecule has 0 saturated heterocycles. The minimum absolute atomic E-state index is 0.0884. The van der Waals surface area contributed by atoms with Gasteiger partial charge in [0.05, 0.1) is 56.2 Å². The van der Waals surface area contributed by atoms with Gasteiger partial charge in [0.1, 0.15) is 6.61 Å². The molecule has 1 rings (SSSR count). The Hall–Kier alpha value is -3.16. The number of nitrogens with one attached hydrogen (secondary N) is 2. The van der Waals surface area contributed by atoms with E-state index in [4.69, 9.17) is 23.7 Å². The van der Waals surface area contributed by atoms with E-state index in [1.807, 2.05) is 13.8 Å². The van der Waals surface area contributed by atoms with Crippen molar-refractivity contribution in [3.8, 4) is 11.5 Å². The molecule has 35 heavy (non-hydrogen) atoms. The first kappa shape index (κ1) is 29.9. The highest BCUT2D eigenvalue weighted by Crippen LogP contribution is 2.34. The molecule has 3 N–H and O–H groups in total. The lowest BCUT2D eigenvalue weighted by Gasteiger charge is -2.13. The summed E-state index contributed by atoms with van der Waals surface area (Å²) in [7, 11) is 1.38. The van der Waals surface area contributed by atoms with Crippen LogP contribution in [0.5, 0.6) is 11.5 Å². The molecule has 1 atom stereocenters. The summed E-state index contributed by atoms with van der Waals surface area (Å²) in [5.41, 5.74) is -0.174. The first-order chi connectivity index (χ1) is 16.8. The highest BCUT2D eigenvalue weighted by atomic mass is 16.6. The Bertz CT molecular complexity index is 806. The molecule has 0 saturated carbocycles. The SMILES string of the molecule is CCOCC(C)OCCOC(=O)NCCNC(=O)CCCOc1cc([N+](=O)[O-])c(CO)cc1OC. The summed E-state index contributed by atoms with van der Waals surface area (Å²) in [6.07, 6.45) is -0.193. The Morgan fingerprint density at radius 3 is 2.54 bits per heavy atom. The number of alkyl carbamates (subject to hydrolysis) is 1. The number of rotatable bonds is 18. The molecule has 198 valence electrons. The third-order valence-electron chi connectivity index (χ3n) is 4.53. The second-order valence-corrected chi connectivity index (χ2v) is 7.25. The number of nitrogens with zero attached hydrogens (tertiary/aromatic N) is 1. The predicted molar refractivity (Wildman–Crippen MR) is 125 cm³/mol. The molecule has 2 amide bonds. The minimum Gasteiger partial charge on any atom is -0.493 e. The van der Waals surface area contributed by atoms with Crippen LogP contribution in [0.4, 0.5) is 10.5 Å². The van der Waals surface area contributed by atoms with E-state index in [0.717, 1.165) is 0 Å². The topological polar surface area (TPSA) is 168 Å². The van der Waals surface area contributed by atoms with Crippen LogP contribution in [-0.2, 0) is 25.6 Å². The van der Waals surface area contributed by atoms with Gasteiger partial charge in [0.2, 0.25) is 5.91 Å². The predicted octanol–water partition coefficient (Wildman–Crippen LogP) is 1.54. The summed E-state index contributed by atoms with van der Waals surface area (Å²) in [4.78, 5) is 34.0. The van der Waals surface area contributed by atoms with Gasteiger partial charge in [-0.25, -0.2) is 4.79 Å². The van der Waals surface area contributed by atoms with Gasteiger partial charge < -0.3 is 39.4 Å². The van der Waals surface area contributed by atoms with Crippen molar-refractivity contribution in [2.24, 2.45) is 0 Å². The molecule has 0 aliphatic carbocycles. The van der Waals surface area contributed by atoms with Crippen LogP contribution in [0.1, 0.15) is 32.3 Å². The zero-order chi connectivity index (χ0) is 26.1. The molecule has 0 bridgehead atoms. The van der Waals surface area contributed by atoms with Crippen LogP contribution in [-0.4, -0.2) is 81.4 Å². The summed E-state index contributed by atoms with van der Waals surface area (Å²) < 4.78 is 26.3. The smallest absolute Gasteiger partial charge is 0.407 e. The molecule has 0 radical (unpaired) electrons. The van der Waals surface area contributed by atoms with Crippen LogP contribution in [0.25, 0.3) is 0 Å². The van der Waals surface area contributed by atoms with Crippen molar-refractivity contribution in [3.63, 3.8) is 0 Å². The number of methoxy groups -OCH3 is 1. The van der Waals surface area contributed by atoms with Crippen LogP contribution >= 0.6 is 0 Å². The number of aliphatic hydroxyl groups excluding tert-OH is 1. The van der Waals surface area contributed by atoms with Gasteiger partial charge in [-0.15, -0.1) is 0 Å². The van der Waals surface area contributed by atoms with Gasteiger partial charge in [0, 0.05) is 26.1 Å². The molecule has 0 aliphatic rings. The second kappa shape index (κ2) is 17.3. The molecule has 13 heteroatoms. The van der Waals surface area contributed by atoms with Crippen LogP contribution < -0.4 is 20.1 Å². The lowest BCUT2D eigenvalue weighted by molar-refractivity contribution is -0.385. The summed E-state index contributed by atoms with van der Waals surface area (Å²) >= 11 is 0. The molecule has 0 fully saturated rings.